The number of benzene rings is 1. The lowest BCUT2D eigenvalue weighted by molar-refractivity contribution is 0.232. The van der Waals surface area contributed by atoms with Gasteiger partial charge < -0.3 is 15.5 Å². The molecular weight excluding hydrogens is 463 g/mol. The van der Waals surface area contributed by atoms with Gasteiger partial charge in [0.2, 0.25) is 0 Å². The van der Waals surface area contributed by atoms with Gasteiger partial charge in [-0.2, -0.15) is 5.10 Å². The minimum atomic E-state index is 0. The molecule has 2 N–H and O–H groups in total. The molecule has 0 amide bonds. The highest BCUT2D eigenvalue weighted by Crippen LogP contribution is 2.07. The second-order valence-corrected chi connectivity index (χ2v) is 7.06. The number of guanidine groups is 1. The van der Waals surface area contributed by atoms with E-state index in [1.165, 1.54) is 37.9 Å². The topological polar surface area (TPSA) is 57.5 Å². The highest BCUT2D eigenvalue weighted by Gasteiger charge is 2.09. The highest BCUT2D eigenvalue weighted by atomic mass is 127. The third kappa shape index (κ3) is 7.79. The fraction of sp³-hybridized carbons (Fsp3) is 0.524. The van der Waals surface area contributed by atoms with Crippen LogP contribution < -0.4 is 10.6 Å². The van der Waals surface area contributed by atoms with Gasteiger partial charge in [0.25, 0.3) is 0 Å². The summed E-state index contributed by atoms with van der Waals surface area (Å²) in [6, 6.07) is 10.4. The molecule has 6 nitrogen and oxygen atoms in total. The minimum Gasteiger partial charge on any atom is -0.357 e. The Morgan fingerprint density at radius 3 is 2.61 bits per heavy atom. The Labute approximate surface area is 185 Å². The quantitative estimate of drug-likeness (QED) is 0.335. The number of nitrogens with one attached hydrogen (secondary N) is 2. The molecule has 0 spiro atoms. The molecule has 1 aliphatic heterocycles. The van der Waals surface area contributed by atoms with Gasteiger partial charge in [0.15, 0.2) is 5.96 Å². The molecule has 0 atom stereocenters. The molecule has 1 saturated heterocycles. The molecular formula is C21H33IN6. The average Bonchev–Trinajstić information content (AvgIpc) is 3.15. The Kier molecular flexibility index (Phi) is 10.3. The zero-order valence-corrected chi connectivity index (χ0v) is 19.1. The van der Waals surface area contributed by atoms with Crippen LogP contribution in [0.1, 0.15) is 37.3 Å². The summed E-state index contributed by atoms with van der Waals surface area (Å²) in [7, 11) is 0. The Bertz CT molecular complexity index is 694. The van der Waals surface area contributed by atoms with E-state index in [0.29, 0.717) is 6.54 Å². The standard InChI is InChI=1S/C21H32N6.HI/c1-2-22-21(23-11-14-26-12-7-4-8-13-26)24-15-20-16-25-27(18-20)17-19-9-5-3-6-10-19;/h3,5-6,9-10,16,18H,2,4,7-8,11-15,17H2,1H3,(H2,22,23,24);1H. The summed E-state index contributed by atoms with van der Waals surface area (Å²) in [5, 5.41) is 11.2. The minimum absolute atomic E-state index is 0. The number of piperidine rings is 1. The first-order valence-electron chi connectivity index (χ1n) is 10.1. The summed E-state index contributed by atoms with van der Waals surface area (Å²) in [5.74, 6) is 0.880. The van der Waals surface area contributed by atoms with Crippen molar-refractivity contribution < 1.29 is 0 Å². The van der Waals surface area contributed by atoms with Crippen LogP contribution in [-0.4, -0.2) is 53.4 Å². The molecule has 0 bridgehead atoms. The molecule has 1 aromatic carbocycles. The number of aliphatic imine (C=N–C) groups is 1. The molecule has 0 radical (unpaired) electrons. The highest BCUT2D eigenvalue weighted by molar-refractivity contribution is 14.0. The van der Waals surface area contributed by atoms with Gasteiger partial charge in [-0.1, -0.05) is 36.8 Å². The molecule has 0 saturated carbocycles. The van der Waals surface area contributed by atoms with Crippen molar-refractivity contribution >= 4 is 29.9 Å². The maximum atomic E-state index is 4.71. The zero-order chi connectivity index (χ0) is 18.7. The monoisotopic (exact) mass is 496 g/mol. The molecule has 154 valence electrons. The SMILES string of the molecule is CCNC(=NCc1cnn(Cc2ccccc2)c1)NCCN1CCCCC1.I. The van der Waals surface area contributed by atoms with Gasteiger partial charge in [-0.3, -0.25) is 4.68 Å². The van der Waals surface area contributed by atoms with Crippen molar-refractivity contribution in [2.45, 2.75) is 39.3 Å². The average molecular weight is 496 g/mol. The Morgan fingerprint density at radius 1 is 1.07 bits per heavy atom. The molecule has 0 unspecified atom stereocenters. The smallest absolute Gasteiger partial charge is 0.191 e. The number of aromatic nitrogens is 2. The predicted molar refractivity (Wildman–Crippen MR) is 126 cm³/mol. The van der Waals surface area contributed by atoms with Crippen molar-refractivity contribution in [3.8, 4) is 0 Å². The lowest BCUT2D eigenvalue weighted by Gasteiger charge is -2.26. The number of likely N-dealkylation sites (tertiary alicyclic amines) is 1. The number of nitrogens with zero attached hydrogens (tertiary/aromatic N) is 4. The summed E-state index contributed by atoms with van der Waals surface area (Å²) in [6.45, 7) is 8.86. The first kappa shape index (κ1) is 22.7. The Balaban J connectivity index is 0.00000280. The number of rotatable bonds is 8. The largest absolute Gasteiger partial charge is 0.357 e. The van der Waals surface area contributed by atoms with E-state index in [2.05, 4.69) is 58.0 Å². The lowest BCUT2D eigenvalue weighted by Crippen LogP contribution is -2.42. The normalized spacial score (nSPS) is 15.1. The van der Waals surface area contributed by atoms with E-state index in [9.17, 15) is 0 Å². The molecule has 7 heteroatoms. The van der Waals surface area contributed by atoms with Crippen LogP contribution in [0.15, 0.2) is 47.7 Å². The summed E-state index contributed by atoms with van der Waals surface area (Å²) in [5.41, 5.74) is 2.38. The third-order valence-electron chi connectivity index (χ3n) is 4.81. The molecule has 1 aliphatic rings. The molecule has 1 aromatic heterocycles. The van der Waals surface area contributed by atoms with Gasteiger partial charge in [-0.15, -0.1) is 24.0 Å². The van der Waals surface area contributed by atoms with Crippen LogP contribution in [0.2, 0.25) is 0 Å². The fourth-order valence-corrected chi connectivity index (χ4v) is 3.37. The van der Waals surface area contributed by atoms with Crippen LogP contribution >= 0.6 is 24.0 Å². The maximum absolute atomic E-state index is 4.71. The molecule has 28 heavy (non-hydrogen) atoms. The first-order chi connectivity index (χ1) is 13.3. The van der Waals surface area contributed by atoms with E-state index in [1.54, 1.807) is 0 Å². The van der Waals surface area contributed by atoms with E-state index in [0.717, 1.165) is 37.7 Å². The third-order valence-corrected chi connectivity index (χ3v) is 4.81. The Morgan fingerprint density at radius 2 is 1.86 bits per heavy atom. The first-order valence-corrected chi connectivity index (χ1v) is 10.1. The van der Waals surface area contributed by atoms with Crippen molar-refractivity contribution in [3.05, 3.63) is 53.9 Å². The van der Waals surface area contributed by atoms with E-state index >= 15 is 0 Å². The number of hydrogen-bond acceptors (Lipinski definition) is 3. The van der Waals surface area contributed by atoms with Gasteiger partial charge in [0.05, 0.1) is 19.3 Å². The fourth-order valence-electron chi connectivity index (χ4n) is 3.37. The molecule has 2 aromatic rings. The predicted octanol–water partition coefficient (Wildman–Crippen LogP) is 3.09. The summed E-state index contributed by atoms with van der Waals surface area (Å²) < 4.78 is 1.97. The molecule has 3 rings (SSSR count). The van der Waals surface area contributed by atoms with Crippen LogP contribution in [0.25, 0.3) is 0 Å². The van der Waals surface area contributed by atoms with E-state index in [4.69, 9.17) is 4.99 Å². The van der Waals surface area contributed by atoms with Crippen molar-refractivity contribution in [3.63, 3.8) is 0 Å². The maximum Gasteiger partial charge on any atom is 0.191 e. The van der Waals surface area contributed by atoms with Crippen molar-refractivity contribution in [1.82, 2.24) is 25.3 Å². The van der Waals surface area contributed by atoms with Crippen LogP contribution in [0.3, 0.4) is 0 Å². The molecule has 1 fully saturated rings. The van der Waals surface area contributed by atoms with Crippen molar-refractivity contribution in [1.29, 1.82) is 0 Å². The second-order valence-electron chi connectivity index (χ2n) is 7.06. The van der Waals surface area contributed by atoms with Crippen LogP contribution in [-0.2, 0) is 13.1 Å². The van der Waals surface area contributed by atoms with Crippen molar-refractivity contribution in [2.24, 2.45) is 4.99 Å². The van der Waals surface area contributed by atoms with Gasteiger partial charge >= 0.3 is 0 Å². The number of hydrogen-bond donors (Lipinski definition) is 2. The van der Waals surface area contributed by atoms with Crippen LogP contribution in [0, 0.1) is 0 Å². The number of halogens is 1. The van der Waals surface area contributed by atoms with Crippen LogP contribution in [0.4, 0.5) is 0 Å². The molecule has 0 aliphatic carbocycles. The second kappa shape index (κ2) is 12.8. The van der Waals surface area contributed by atoms with E-state index < -0.39 is 0 Å². The van der Waals surface area contributed by atoms with Gasteiger partial charge in [-0.05, 0) is 38.4 Å². The van der Waals surface area contributed by atoms with E-state index in [-0.39, 0.29) is 24.0 Å². The Hall–Kier alpha value is -1.61. The van der Waals surface area contributed by atoms with Gasteiger partial charge in [0, 0.05) is 31.4 Å². The summed E-state index contributed by atoms with van der Waals surface area (Å²) >= 11 is 0. The van der Waals surface area contributed by atoms with Crippen LogP contribution in [0.5, 0.6) is 0 Å². The zero-order valence-electron chi connectivity index (χ0n) is 16.8. The van der Waals surface area contributed by atoms with E-state index in [1.807, 2.05) is 16.9 Å². The summed E-state index contributed by atoms with van der Waals surface area (Å²) in [6.07, 6.45) is 8.03. The lowest BCUT2D eigenvalue weighted by atomic mass is 10.1. The van der Waals surface area contributed by atoms with Gasteiger partial charge in [-0.25, -0.2) is 4.99 Å². The van der Waals surface area contributed by atoms with Crippen molar-refractivity contribution in [2.75, 3.05) is 32.7 Å². The molecule has 2 heterocycles. The summed E-state index contributed by atoms with van der Waals surface area (Å²) in [4.78, 5) is 7.24. The van der Waals surface area contributed by atoms with Gasteiger partial charge in [0.1, 0.15) is 0 Å².